The second-order valence-corrected chi connectivity index (χ2v) is 6.80. The van der Waals surface area contributed by atoms with Crippen LogP contribution in [0.5, 0.6) is 0 Å². The van der Waals surface area contributed by atoms with E-state index in [0.29, 0.717) is 12.1 Å². The summed E-state index contributed by atoms with van der Waals surface area (Å²) in [4.78, 5) is 18.2. The molecule has 0 saturated heterocycles. The Morgan fingerprint density at radius 2 is 1.79 bits per heavy atom. The predicted molar refractivity (Wildman–Crippen MR) is 92.7 cm³/mol. The largest absolute Gasteiger partial charge is 0.351 e. The molecule has 122 valence electrons. The molecule has 0 bridgehead atoms. The van der Waals surface area contributed by atoms with Gasteiger partial charge in [-0.05, 0) is 37.8 Å². The fraction of sp³-hybridized carbons (Fsp3) is 0.444. The second kappa shape index (κ2) is 5.54. The highest BCUT2D eigenvalue weighted by atomic mass is 15.2. The normalized spacial score (nSPS) is 18.3. The van der Waals surface area contributed by atoms with Gasteiger partial charge in [0.05, 0.1) is 6.20 Å². The monoisotopic (exact) mass is 320 g/mol. The molecule has 2 fully saturated rings. The van der Waals surface area contributed by atoms with Gasteiger partial charge in [-0.25, -0.2) is 9.97 Å². The Bertz CT molecular complexity index is 862. The summed E-state index contributed by atoms with van der Waals surface area (Å²) in [6, 6.07) is 5.03. The number of rotatable bonds is 4. The van der Waals surface area contributed by atoms with E-state index in [2.05, 4.69) is 19.9 Å². The Kier molecular flexibility index (Phi) is 3.21. The van der Waals surface area contributed by atoms with Crippen molar-refractivity contribution in [3.8, 4) is 11.4 Å². The lowest BCUT2D eigenvalue weighted by molar-refractivity contribution is 0.739. The topological polar surface area (TPSA) is 68.5 Å². The van der Waals surface area contributed by atoms with Crippen molar-refractivity contribution in [2.24, 2.45) is 0 Å². The molecule has 24 heavy (non-hydrogen) atoms. The van der Waals surface area contributed by atoms with Gasteiger partial charge in [0.25, 0.3) is 0 Å². The third kappa shape index (κ3) is 2.42. The Hall–Kier alpha value is -2.50. The first kappa shape index (κ1) is 13.9. The Morgan fingerprint density at radius 1 is 1.00 bits per heavy atom. The van der Waals surface area contributed by atoms with Crippen LogP contribution in [0.15, 0.2) is 30.7 Å². The van der Waals surface area contributed by atoms with Gasteiger partial charge in [-0.3, -0.25) is 4.98 Å². The molecule has 3 aromatic heterocycles. The van der Waals surface area contributed by atoms with Gasteiger partial charge in [-0.15, -0.1) is 0 Å². The van der Waals surface area contributed by atoms with Crippen LogP contribution >= 0.6 is 0 Å². The average Bonchev–Trinajstić information content (AvgIpc) is 3.19. The minimum Gasteiger partial charge on any atom is -0.351 e. The summed E-state index contributed by atoms with van der Waals surface area (Å²) < 4.78 is 2.28. The zero-order chi connectivity index (χ0) is 15.9. The maximum Gasteiger partial charge on any atom is 0.224 e. The molecule has 0 unspecified atom stereocenters. The van der Waals surface area contributed by atoms with E-state index >= 15 is 0 Å². The molecule has 2 aliphatic rings. The quantitative estimate of drug-likeness (QED) is 0.796. The first-order valence-corrected chi connectivity index (χ1v) is 8.80. The van der Waals surface area contributed by atoms with Gasteiger partial charge in [0.1, 0.15) is 11.3 Å². The second-order valence-electron chi connectivity index (χ2n) is 6.80. The Balaban J connectivity index is 1.59. The number of hydrogen-bond donors (Lipinski definition) is 1. The number of aromatic nitrogens is 5. The van der Waals surface area contributed by atoms with Crippen LogP contribution in [-0.4, -0.2) is 30.5 Å². The number of anilines is 1. The molecule has 3 aromatic rings. The van der Waals surface area contributed by atoms with Gasteiger partial charge in [0, 0.05) is 30.0 Å². The molecule has 6 heteroatoms. The van der Waals surface area contributed by atoms with Crippen molar-refractivity contribution in [2.45, 2.75) is 50.6 Å². The van der Waals surface area contributed by atoms with Crippen LogP contribution in [0, 0.1) is 0 Å². The standard InChI is InChI=1S/C18H20N6/c1-2-4-13(3-1)21-18-20-11-15-17(23-18)24(14-5-6-14)16(22-15)12-7-9-19-10-8-12/h7-11,13-14H,1-6H2,(H,20,21,23). The summed E-state index contributed by atoms with van der Waals surface area (Å²) in [5.41, 5.74) is 2.89. The third-order valence-electron chi connectivity index (χ3n) is 4.97. The van der Waals surface area contributed by atoms with Crippen molar-refractivity contribution >= 4 is 17.1 Å². The Morgan fingerprint density at radius 3 is 2.54 bits per heavy atom. The van der Waals surface area contributed by atoms with Gasteiger partial charge >= 0.3 is 0 Å². The number of fused-ring (bicyclic) bond motifs is 1. The van der Waals surface area contributed by atoms with E-state index < -0.39 is 0 Å². The van der Waals surface area contributed by atoms with E-state index in [1.165, 1.54) is 38.5 Å². The number of imidazole rings is 1. The maximum absolute atomic E-state index is 4.81. The molecule has 0 aromatic carbocycles. The maximum atomic E-state index is 4.81. The molecule has 0 spiro atoms. The molecule has 0 radical (unpaired) electrons. The zero-order valence-electron chi connectivity index (χ0n) is 13.5. The van der Waals surface area contributed by atoms with E-state index in [-0.39, 0.29) is 0 Å². The first-order valence-electron chi connectivity index (χ1n) is 8.80. The van der Waals surface area contributed by atoms with Crippen molar-refractivity contribution < 1.29 is 0 Å². The van der Waals surface area contributed by atoms with E-state index in [4.69, 9.17) is 9.97 Å². The molecule has 2 aliphatic carbocycles. The lowest BCUT2D eigenvalue weighted by atomic mass is 10.2. The smallest absolute Gasteiger partial charge is 0.224 e. The minimum atomic E-state index is 0.507. The van der Waals surface area contributed by atoms with E-state index in [1.807, 2.05) is 30.7 Å². The molecular weight excluding hydrogens is 300 g/mol. The third-order valence-corrected chi connectivity index (χ3v) is 4.97. The summed E-state index contributed by atoms with van der Waals surface area (Å²) >= 11 is 0. The van der Waals surface area contributed by atoms with Crippen molar-refractivity contribution in [2.75, 3.05) is 5.32 Å². The molecule has 1 N–H and O–H groups in total. The molecule has 0 aliphatic heterocycles. The molecule has 2 saturated carbocycles. The van der Waals surface area contributed by atoms with E-state index in [9.17, 15) is 0 Å². The number of nitrogens with zero attached hydrogens (tertiary/aromatic N) is 5. The van der Waals surface area contributed by atoms with Crippen LogP contribution in [0.25, 0.3) is 22.6 Å². The van der Waals surface area contributed by atoms with Crippen molar-refractivity contribution in [3.63, 3.8) is 0 Å². The van der Waals surface area contributed by atoms with Crippen molar-refractivity contribution in [1.82, 2.24) is 24.5 Å². The lowest BCUT2D eigenvalue weighted by Gasteiger charge is -2.12. The van der Waals surface area contributed by atoms with Crippen molar-refractivity contribution in [1.29, 1.82) is 0 Å². The first-order chi connectivity index (χ1) is 11.9. The van der Waals surface area contributed by atoms with E-state index in [0.717, 1.165) is 28.5 Å². The summed E-state index contributed by atoms with van der Waals surface area (Å²) in [5, 5.41) is 3.50. The predicted octanol–water partition coefficient (Wildman–Crippen LogP) is 3.58. The molecular formula is C18H20N6. The highest BCUT2D eigenvalue weighted by Gasteiger charge is 2.30. The highest BCUT2D eigenvalue weighted by Crippen LogP contribution is 2.40. The summed E-state index contributed by atoms with van der Waals surface area (Å²) in [6.07, 6.45) is 12.9. The van der Waals surface area contributed by atoms with Gasteiger partial charge in [-0.1, -0.05) is 12.8 Å². The molecule has 0 amide bonds. The van der Waals surface area contributed by atoms with Crippen LogP contribution < -0.4 is 5.32 Å². The molecule has 0 atom stereocenters. The van der Waals surface area contributed by atoms with Crippen LogP contribution in [0.3, 0.4) is 0 Å². The van der Waals surface area contributed by atoms with Gasteiger partial charge in [-0.2, -0.15) is 4.98 Å². The zero-order valence-corrected chi connectivity index (χ0v) is 13.5. The van der Waals surface area contributed by atoms with Gasteiger partial charge in [0.2, 0.25) is 5.95 Å². The molecule has 6 nitrogen and oxygen atoms in total. The lowest BCUT2D eigenvalue weighted by Crippen LogP contribution is -2.16. The minimum absolute atomic E-state index is 0.507. The molecule has 3 heterocycles. The number of hydrogen-bond acceptors (Lipinski definition) is 5. The van der Waals surface area contributed by atoms with Crippen LogP contribution in [0.2, 0.25) is 0 Å². The summed E-state index contributed by atoms with van der Waals surface area (Å²) in [6.45, 7) is 0. The van der Waals surface area contributed by atoms with Crippen molar-refractivity contribution in [3.05, 3.63) is 30.7 Å². The van der Waals surface area contributed by atoms with Crippen LogP contribution in [-0.2, 0) is 0 Å². The Labute approximate surface area is 140 Å². The number of pyridine rings is 1. The van der Waals surface area contributed by atoms with Crippen LogP contribution in [0.4, 0.5) is 5.95 Å². The molecule has 5 rings (SSSR count). The fourth-order valence-electron chi connectivity index (χ4n) is 3.60. The highest BCUT2D eigenvalue weighted by molar-refractivity contribution is 5.77. The summed E-state index contributed by atoms with van der Waals surface area (Å²) in [5.74, 6) is 1.71. The summed E-state index contributed by atoms with van der Waals surface area (Å²) in [7, 11) is 0. The van der Waals surface area contributed by atoms with Crippen LogP contribution in [0.1, 0.15) is 44.6 Å². The number of nitrogens with one attached hydrogen (secondary N) is 1. The van der Waals surface area contributed by atoms with Gasteiger partial charge < -0.3 is 9.88 Å². The van der Waals surface area contributed by atoms with Gasteiger partial charge in [0.15, 0.2) is 5.65 Å². The average molecular weight is 320 g/mol. The van der Waals surface area contributed by atoms with E-state index in [1.54, 1.807) is 0 Å². The fourth-order valence-corrected chi connectivity index (χ4v) is 3.60. The SMILES string of the molecule is c1cc(-c2nc3cnc(NC4CCCC4)nc3n2C2CC2)ccn1.